The molecule has 0 saturated heterocycles. The summed E-state index contributed by atoms with van der Waals surface area (Å²) in [4.78, 5) is 27.7. The molecule has 1 aromatic carbocycles. The topological polar surface area (TPSA) is 57.6 Å². The van der Waals surface area contributed by atoms with Crippen LogP contribution in [0.2, 0.25) is 0 Å². The van der Waals surface area contributed by atoms with Gasteiger partial charge in [-0.1, -0.05) is 32.0 Å². The maximum atomic E-state index is 13.2. The Kier molecular flexibility index (Phi) is 5.23. The normalized spacial score (nSPS) is 17.5. The number of Topliss-reactive ketones (excluding diaryl/α,β-unsaturated/α-hetero) is 1. The van der Waals surface area contributed by atoms with Gasteiger partial charge in [-0.15, -0.1) is 11.3 Å². The third-order valence-electron chi connectivity index (χ3n) is 4.28. The van der Waals surface area contributed by atoms with Gasteiger partial charge in [0.25, 0.3) is 5.91 Å². The molecule has 2 aromatic rings. The number of rotatable bonds is 6. The average molecular weight is 373 g/mol. The lowest BCUT2D eigenvalue weighted by atomic mass is 9.95. The Balaban J connectivity index is 1.98. The molecule has 3 rings (SSSR count). The number of amides is 1. The number of halogens is 1. The molecule has 1 unspecified atom stereocenters. The lowest BCUT2D eigenvalue weighted by Gasteiger charge is -2.26. The van der Waals surface area contributed by atoms with E-state index in [0.29, 0.717) is 0 Å². The van der Waals surface area contributed by atoms with E-state index in [1.165, 1.54) is 28.4 Å². The second kappa shape index (κ2) is 7.41. The molecule has 0 fully saturated rings. The van der Waals surface area contributed by atoms with Gasteiger partial charge < -0.3 is 10.0 Å². The van der Waals surface area contributed by atoms with E-state index in [1.807, 2.05) is 31.4 Å². The van der Waals surface area contributed by atoms with Crippen molar-refractivity contribution in [2.75, 3.05) is 0 Å². The van der Waals surface area contributed by atoms with E-state index in [0.717, 1.165) is 10.4 Å². The van der Waals surface area contributed by atoms with E-state index < -0.39 is 17.7 Å². The molecule has 1 aromatic heterocycles. The standard InChI is InChI=1S/C20H20FNO3S/c1-12(2)10-15(23)17-18(16-4-3-9-26-16)22(20(25)19(17)24)11-13-5-7-14(21)8-6-13/h3-9,12,18,24H,10-11H2,1-2H3. The SMILES string of the molecule is CC(C)CC(=O)C1=C(O)C(=O)N(Cc2ccc(F)cc2)C1c1cccs1. The van der Waals surface area contributed by atoms with Gasteiger partial charge in [-0.2, -0.15) is 0 Å². The third kappa shape index (κ3) is 3.55. The molecule has 0 saturated carbocycles. The number of aliphatic hydroxyl groups excluding tert-OH is 1. The van der Waals surface area contributed by atoms with Crippen molar-refractivity contribution in [1.29, 1.82) is 0 Å². The van der Waals surface area contributed by atoms with Crippen molar-refractivity contribution in [3.8, 4) is 0 Å². The van der Waals surface area contributed by atoms with E-state index in [-0.39, 0.29) is 36.1 Å². The van der Waals surface area contributed by atoms with E-state index in [4.69, 9.17) is 0 Å². The van der Waals surface area contributed by atoms with Crippen molar-refractivity contribution in [3.05, 3.63) is 69.4 Å². The maximum Gasteiger partial charge on any atom is 0.290 e. The smallest absolute Gasteiger partial charge is 0.290 e. The molecule has 0 radical (unpaired) electrons. The Labute approximate surface area is 155 Å². The summed E-state index contributed by atoms with van der Waals surface area (Å²) in [6.45, 7) is 4.02. The van der Waals surface area contributed by atoms with Crippen LogP contribution in [0.15, 0.2) is 53.1 Å². The van der Waals surface area contributed by atoms with Crippen molar-refractivity contribution in [3.63, 3.8) is 0 Å². The Morgan fingerprint density at radius 2 is 1.96 bits per heavy atom. The molecule has 26 heavy (non-hydrogen) atoms. The summed E-state index contributed by atoms with van der Waals surface area (Å²) in [5.74, 6) is -1.50. The minimum Gasteiger partial charge on any atom is -0.503 e. The van der Waals surface area contributed by atoms with Crippen LogP contribution in [0.25, 0.3) is 0 Å². The number of carbonyl (C=O) groups excluding carboxylic acids is 2. The van der Waals surface area contributed by atoms with Gasteiger partial charge >= 0.3 is 0 Å². The second-order valence-electron chi connectivity index (χ2n) is 6.76. The Bertz CT molecular complexity index is 840. The van der Waals surface area contributed by atoms with E-state index in [2.05, 4.69) is 0 Å². The predicted molar refractivity (Wildman–Crippen MR) is 98.1 cm³/mol. The number of ketones is 1. The van der Waals surface area contributed by atoms with Gasteiger partial charge in [0.15, 0.2) is 11.5 Å². The first-order chi connectivity index (χ1) is 12.4. The number of hydrogen-bond donors (Lipinski definition) is 1. The highest BCUT2D eigenvalue weighted by atomic mass is 32.1. The molecule has 0 bridgehead atoms. The molecule has 1 N–H and O–H groups in total. The van der Waals surface area contributed by atoms with Crippen molar-refractivity contribution >= 4 is 23.0 Å². The fourth-order valence-corrected chi connectivity index (χ4v) is 3.96. The Hall–Kier alpha value is -2.47. The molecule has 2 heterocycles. The number of benzene rings is 1. The number of thiophene rings is 1. The summed E-state index contributed by atoms with van der Waals surface area (Å²) in [7, 11) is 0. The van der Waals surface area contributed by atoms with Crippen LogP contribution in [-0.2, 0) is 16.1 Å². The van der Waals surface area contributed by atoms with E-state index in [9.17, 15) is 19.1 Å². The number of hydrogen-bond acceptors (Lipinski definition) is 4. The molecule has 136 valence electrons. The molecule has 1 amide bonds. The van der Waals surface area contributed by atoms with Gasteiger partial charge in [0, 0.05) is 17.8 Å². The van der Waals surface area contributed by atoms with E-state index >= 15 is 0 Å². The van der Waals surface area contributed by atoms with Crippen molar-refractivity contribution in [2.45, 2.75) is 32.9 Å². The third-order valence-corrected chi connectivity index (χ3v) is 5.20. The molecule has 1 atom stereocenters. The average Bonchev–Trinajstić information content (AvgIpc) is 3.18. The van der Waals surface area contributed by atoms with E-state index in [1.54, 1.807) is 12.1 Å². The minimum atomic E-state index is -0.612. The first-order valence-corrected chi connectivity index (χ1v) is 9.31. The van der Waals surface area contributed by atoms with Crippen LogP contribution < -0.4 is 0 Å². The van der Waals surface area contributed by atoms with Crippen molar-refractivity contribution in [1.82, 2.24) is 4.90 Å². The lowest BCUT2D eigenvalue weighted by molar-refractivity contribution is -0.130. The van der Waals surface area contributed by atoms with Crippen LogP contribution >= 0.6 is 11.3 Å². The summed E-state index contributed by atoms with van der Waals surface area (Å²) >= 11 is 1.43. The lowest BCUT2D eigenvalue weighted by Crippen LogP contribution is -2.30. The summed E-state index contributed by atoms with van der Waals surface area (Å²) in [6.07, 6.45) is 0.263. The summed E-state index contributed by atoms with van der Waals surface area (Å²) in [5, 5.41) is 12.3. The van der Waals surface area contributed by atoms with Crippen molar-refractivity contribution < 1.29 is 19.1 Å². The van der Waals surface area contributed by atoms with Gasteiger partial charge in [-0.3, -0.25) is 9.59 Å². The monoisotopic (exact) mass is 373 g/mol. The summed E-state index contributed by atoms with van der Waals surface area (Å²) in [5.41, 5.74) is 0.889. The Morgan fingerprint density at radius 1 is 1.27 bits per heavy atom. The van der Waals surface area contributed by atoms with Crippen molar-refractivity contribution in [2.24, 2.45) is 5.92 Å². The van der Waals surface area contributed by atoms with Crippen LogP contribution in [0.1, 0.15) is 36.8 Å². The second-order valence-corrected chi connectivity index (χ2v) is 7.74. The molecule has 1 aliphatic rings. The number of nitrogens with zero attached hydrogens (tertiary/aromatic N) is 1. The number of aliphatic hydroxyl groups is 1. The highest BCUT2D eigenvalue weighted by Crippen LogP contribution is 2.41. The molecular formula is C20H20FNO3S. The van der Waals surface area contributed by atoms with Crippen LogP contribution in [0.4, 0.5) is 4.39 Å². The predicted octanol–water partition coefficient (Wildman–Crippen LogP) is 4.40. The number of carbonyl (C=O) groups is 2. The van der Waals surface area contributed by atoms with Gasteiger partial charge in [-0.05, 0) is 35.1 Å². The zero-order chi connectivity index (χ0) is 18.8. The largest absolute Gasteiger partial charge is 0.503 e. The first kappa shape index (κ1) is 18.3. The van der Waals surface area contributed by atoms with Gasteiger partial charge in [0.2, 0.25) is 0 Å². The van der Waals surface area contributed by atoms with Crippen LogP contribution in [-0.4, -0.2) is 21.7 Å². The molecule has 4 nitrogen and oxygen atoms in total. The minimum absolute atomic E-state index is 0.119. The zero-order valence-corrected chi connectivity index (χ0v) is 15.4. The molecule has 6 heteroatoms. The van der Waals surface area contributed by atoms with Crippen LogP contribution in [0, 0.1) is 11.7 Å². The van der Waals surface area contributed by atoms with Gasteiger partial charge in [0.05, 0.1) is 11.6 Å². The molecule has 1 aliphatic heterocycles. The molecular weight excluding hydrogens is 353 g/mol. The highest BCUT2D eigenvalue weighted by Gasteiger charge is 2.43. The van der Waals surface area contributed by atoms with Gasteiger partial charge in [-0.25, -0.2) is 4.39 Å². The first-order valence-electron chi connectivity index (χ1n) is 8.43. The fourth-order valence-electron chi connectivity index (χ4n) is 3.11. The molecule has 0 spiro atoms. The fraction of sp³-hybridized carbons (Fsp3) is 0.300. The summed E-state index contributed by atoms with van der Waals surface area (Å²) in [6, 6.07) is 8.93. The Morgan fingerprint density at radius 3 is 2.54 bits per heavy atom. The van der Waals surface area contributed by atoms with Crippen LogP contribution in [0.3, 0.4) is 0 Å². The van der Waals surface area contributed by atoms with Gasteiger partial charge in [0.1, 0.15) is 5.82 Å². The molecule has 0 aliphatic carbocycles. The van der Waals surface area contributed by atoms with Crippen LogP contribution in [0.5, 0.6) is 0 Å². The zero-order valence-electron chi connectivity index (χ0n) is 14.6. The quantitative estimate of drug-likeness (QED) is 0.817. The summed E-state index contributed by atoms with van der Waals surface area (Å²) < 4.78 is 13.2. The highest BCUT2D eigenvalue weighted by molar-refractivity contribution is 7.10. The maximum absolute atomic E-state index is 13.2.